The molecule has 6 nitrogen and oxygen atoms in total. The lowest BCUT2D eigenvalue weighted by atomic mass is 9.99. The first-order valence-electron chi connectivity index (χ1n) is 8.32. The summed E-state index contributed by atoms with van der Waals surface area (Å²) >= 11 is 0. The second-order valence-electron chi connectivity index (χ2n) is 5.97. The van der Waals surface area contributed by atoms with Gasteiger partial charge in [0.15, 0.2) is 9.84 Å². The molecule has 0 fully saturated rings. The average Bonchev–Trinajstić information content (AvgIpc) is 2.66. The number of hydrogen-bond acceptors (Lipinski definition) is 4. The van der Waals surface area contributed by atoms with Crippen LogP contribution in [-0.2, 0) is 21.1 Å². The summed E-state index contributed by atoms with van der Waals surface area (Å²) in [4.78, 5) is 23.7. The lowest BCUT2D eigenvalue weighted by Crippen LogP contribution is -2.34. The molecule has 0 aromatic heterocycles. The van der Waals surface area contributed by atoms with Gasteiger partial charge in [0.1, 0.15) is 5.82 Å². The zero-order valence-electron chi connectivity index (χ0n) is 14.7. The fourth-order valence-corrected chi connectivity index (χ4v) is 3.36. The molecule has 1 amide bonds. The van der Waals surface area contributed by atoms with Crippen molar-refractivity contribution < 1.29 is 27.5 Å². The van der Waals surface area contributed by atoms with Crippen molar-refractivity contribution in [3.63, 3.8) is 0 Å². The van der Waals surface area contributed by atoms with Gasteiger partial charge in [-0.15, -0.1) is 0 Å². The molecule has 0 bridgehead atoms. The molecule has 144 valence electrons. The molecule has 0 saturated carbocycles. The number of carbonyl (C=O) groups is 2. The summed E-state index contributed by atoms with van der Waals surface area (Å²) in [7, 11) is -3.36. The molecule has 0 aliphatic carbocycles. The summed E-state index contributed by atoms with van der Waals surface area (Å²) in [6.07, 6.45) is -0.0596. The van der Waals surface area contributed by atoms with Crippen molar-refractivity contribution in [2.24, 2.45) is 5.92 Å². The van der Waals surface area contributed by atoms with Gasteiger partial charge in [0.25, 0.3) is 5.91 Å². The van der Waals surface area contributed by atoms with Gasteiger partial charge in [0.05, 0.1) is 16.6 Å². The summed E-state index contributed by atoms with van der Waals surface area (Å²) < 4.78 is 37.3. The van der Waals surface area contributed by atoms with Gasteiger partial charge in [-0.2, -0.15) is 0 Å². The van der Waals surface area contributed by atoms with Crippen molar-refractivity contribution in [3.8, 4) is 0 Å². The van der Waals surface area contributed by atoms with Crippen LogP contribution in [0, 0.1) is 11.7 Å². The van der Waals surface area contributed by atoms with Crippen LogP contribution in [0.4, 0.5) is 4.39 Å². The molecule has 0 aliphatic rings. The predicted molar refractivity (Wildman–Crippen MR) is 97.7 cm³/mol. The van der Waals surface area contributed by atoms with Crippen molar-refractivity contribution in [3.05, 3.63) is 65.5 Å². The molecule has 0 aliphatic heterocycles. The fourth-order valence-electron chi connectivity index (χ4n) is 2.47. The highest BCUT2D eigenvalue weighted by Gasteiger charge is 2.21. The molecule has 2 aromatic rings. The Kier molecular flexibility index (Phi) is 6.68. The third kappa shape index (κ3) is 5.37. The van der Waals surface area contributed by atoms with Crippen LogP contribution in [0.5, 0.6) is 0 Å². The Labute approximate surface area is 157 Å². The zero-order valence-corrected chi connectivity index (χ0v) is 15.5. The van der Waals surface area contributed by atoms with Gasteiger partial charge >= 0.3 is 5.97 Å². The number of benzene rings is 2. The zero-order chi connectivity index (χ0) is 20.0. The molecule has 2 N–H and O–H groups in total. The summed E-state index contributed by atoms with van der Waals surface area (Å²) in [5, 5.41) is 11.8. The van der Waals surface area contributed by atoms with Crippen molar-refractivity contribution in [2.75, 3.05) is 12.3 Å². The topological polar surface area (TPSA) is 101 Å². The first-order valence-corrected chi connectivity index (χ1v) is 9.97. The Bertz CT molecular complexity index is 925. The average molecular weight is 393 g/mol. The number of aliphatic carboxylic acids is 1. The maximum atomic E-state index is 13.7. The van der Waals surface area contributed by atoms with E-state index in [9.17, 15) is 27.5 Å². The summed E-state index contributed by atoms with van der Waals surface area (Å²) in [5.74, 6) is -3.22. The smallest absolute Gasteiger partial charge is 0.308 e. The van der Waals surface area contributed by atoms with E-state index < -0.39 is 33.4 Å². The van der Waals surface area contributed by atoms with E-state index in [0.29, 0.717) is 0 Å². The minimum absolute atomic E-state index is 0.0467. The summed E-state index contributed by atoms with van der Waals surface area (Å²) in [6, 6.07) is 11.3. The van der Waals surface area contributed by atoms with Crippen LogP contribution in [0.1, 0.15) is 22.8 Å². The SMILES string of the molecule is CCS(=O)(=O)c1ccc(C(=O)NC[C@H](Cc2ccccc2F)C(=O)O)cc1. The molecule has 1 atom stereocenters. The van der Waals surface area contributed by atoms with Gasteiger partial charge in [-0.25, -0.2) is 12.8 Å². The molecular weight excluding hydrogens is 373 g/mol. The van der Waals surface area contributed by atoms with E-state index >= 15 is 0 Å². The number of carboxylic acid groups (broad SMARTS) is 1. The van der Waals surface area contributed by atoms with E-state index in [2.05, 4.69) is 5.32 Å². The molecule has 0 radical (unpaired) electrons. The molecule has 0 saturated heterocycles. The molecule has 0 spiro atoms. The number of carboxylic acids is 1. The van der Waals surface area contributed by atoms with E-state index in [0.717, 1.165) is 0 Å². The third-order valence-electron chi connectivity index (χ3n) is 4.14. The van der Waals surface area contributed by atoms with Crippen molar-refractivity contribution >= 4 is 21.7 Å². The maximum Gasteiger partial charge on any atom is 0.308 e. The quantitative estimate of drug-likeness (QED) is 0.717. The number of carbonyl (C=O) groups excluding carboxylic acids is 1. The van der Waals surface area contributed by atoms with Crippen molar-refractivity contribution in [1.82, 2.24) is 5.32 Å². The van der Waals surface area contributed by atoms with E-state index in [1.54, 1.807) is 6.07 Å². The molecule has 2 aromatic carbocycles. The predicted octanol–water partition coefficient (Wildman–Crippen LogP) is 2.29. The largest absolute Gasteiger partial charge is 0.481 e. The number of halogens is 1. The molecular formula is C19H20FNO5S. The number of nitrogens with one attached hydrogen (secondary N) is 1. The number of sulfone groups is 1. The standard InChI is InChI=1S/C19H20FNO5S/c1-2-27(25,26)16-9-7-13(8-10-16)18(22)21-12-15(19(23)24)11-14-5-3-4-6-17(14)20/h3-10,15H,2,11-12H2,1H3,(H,21,22)(H,23,24)/t15-/m0/s1. The Morgan fingerprint density at radius 2 is 1.74 bits per heavy atom. The van der Waals surface area contributed by atoms with Gasteiger partial charge in [-0.1, -0.05) is 25.1 Å². The molecule has 2 rings (SSSR count). The van der Waals surface area contributed by atoms with Crippen LogP contribution in [-0.4, -0.2) is 37.7 Å². The number of hydrogen-bond donors (Lipinski definition) is 2. The lowest BCUT2D eigenvalue weighted by Gasteiger charge is -2.14. The summed E-state index contributed by atoms with van der Waals surface area (Å²) in [6.45, 7) is 1.34. The molecule has 27 heavy (non-hydrogen) atoms. The first kappa shape index (κ1) is 20.6. The fraction of sp³-hybridized carbons (Fsp3) is 0.263. The van der Waals surface area contributed by atoms with Gasteiger partial charge in [0, 0.05) is 12.1 Å². The Morgan fingerprint density at radius 3 is 2.30 bits per heavy atom. The van der Waals surface area contributed by atoms with Crippen LogP contribution in [0.15, 0.2) is 53.4 Å². The van der Waals surface area contributed by atoms with E-state index in [4.69, 9.17) is 0 Å². The molecule has 0 unspecified atom stereocenters. The van der Waals surface area contributed by atoms with Crippen LogP contribution < -0.4 is 5.32 Å². The highest BCUT2D eigenvalue weighted by Crippen LogP contribution is 2.14. The van der Waals surface area contributed by atoms with Gasteiger partial charge in [-0.05, 0) is 42.3 Å². The number of amides is 1. The first-order chi connectivity index (χ1) is 12.7. The minimum Gasteiger partial charge on any atom is -0.481 e. The highest BCUT2D eigenvalue weighted by molar-refractivity contribution is 7.91. The van der Waals surface area contributed by atoms with E-state index in [1.165, 1.54) is 49.4 Å². The van der Waals surface area contributed by atoms with E-state index in [-0.39, 0.29) is 34.7 Å². The lowest BCUT2D eigenvalue weighted by molar-refractivity contribution is -0.141. The highest BCUT2D eigenvalue weighted by atomic mass is 32.2. The number of rotatable bonds is 8. The second-order valence-corrected chi connectivity index (χ2v) is 8.25. The Hall–Kier alpha value is -2.74. The van der Waals surface area contributed by atoms with E-state index in [1.807, 2.05) is 0 Å². The Morgan fingerprint density at radius 1 is 1.11 bits per heavy atom. The molecule has 0 heterocycles. The van der Waals surface area contributed by atoms with Crippen LogP contribution in [0.2, 0.25) is 0 Å². The van der Waals surface area contributed by atoms with Crippen LogP contribution in [0.3, 0.4) is 0 Å². The molecule has 8 heteroatoms. The summed E-state index contributed by atoms with van der Waals surface area (Å²) in [5.41, 5.74) is 0.466. The van der Waals surface area contributed by atoms with Gasteiger partial charge in [-0.3, -0.25) is 9.59 Å². The van der Waals surface area contributed by atoms with Crippen molar-refractivity contribution in [1.29, 1.82) is 0 Å². The van der Waals surface area contributed by atoms with Crippen LogP contribution in [0.25, 0.3) is 0 Å². The van der Waals surface area contributed by atoms with Gasteiger partial charge < -0.3 is 10.4 Å². The third-order valence-corrected chi connectivity index (χ3v) is 5.89. The maximum absolute atomic E-state index is 13.7. The van der Waals surface area contributed by atoms with Gasteiger partial charge in [0.2, 0.25) is 0 Å². The Balaban J connectivity index is 2.04. The minimum atomic E-state index is -3.36. The second kappa shape index (κ2) is 8.77. The van der Waals surface area contributed by atoms with Crippen molar-refractivity contribution in [2.45, 2.75) is 18.2 Å². The monoisotopic (exact) mass is 393 g/mol. The normalized spacial score (nSPS) is 12.4. The van der Waals surface area contributed by atoms with Crippen LogP contribution >= 0.6 is 0 Å².